The Hall–Kier alpha value is -2.57. The molecule has 0 radical (unpaired) electrons. The van der Waals surface area contributed by atoms with Crippen LogP contribution in [0.1, 0.15) is 11.3 Å². The van der Waals surface area contributed by atoms with Crippen molar-refractivity contribution in [2.75, 3.05) is 0 Å². The van der Waals surface area contributed by atoms with Gasteiger partial charge in [-0.1, -0.05) is 41.4 Å². The first-order valence-corrected chi connectivity index (χ1v) is 9.27. The van der Waals surface area contributed by atoms with Crippen LogP contribution in [0.4, 0.5) is 0 Å². The van der Waals surface area contributed by atoms with Gasteiger partial charge in [-0.25, -0.2) is 0 Å². The van der Waals surface area contributed by atoms with Gasteiger partial charge in [0.15, 0.2) is 0 Å². The van der Waals surface area contributed by atoms with Crippen LogP contribution < -0.4 is 4.83 Å². The molecule has 0 atom stereocenters. The summed E-state index contributed by atoms with van der Waals surface area (Å²) in [7, 11) is -3.71. The topological polar surface area (TPSA) is 71.7 Å². The lowest BCUT2D eigenvalue weighted by atomic mass is 10.2. The summed E-state index contributed by atoms with van der Waals surface area (Å²) in [6.45, 7) is 1.89. The zero-order chi connectivity index (χ0) is 17.9. The molecule has 0 aliphatic rings. The molecule has 3 rings (SSSR count). The minimum atomic E-state index is -3.71. The fourth-order valence-corrected chi connectivity index (χ4v) is 3.13. The number of benzene rings is 2. The van der Waals surface area contributed by atoms with Gasteiger partial charge < -0.3 is 4.42 Å². The number of furan rings is 1. The summed E-state index contributed by atoms with van der Waals surface area (Å²) >= 11 is 5.96. The largest absolute Gasteiger partial charge is 0.455 e. The molecule has 0 unspecified atom stereocenters. The zero-order valence-electron chi connectivity index (χ0n) is 13.3. The zero-order valence-corrected chi connectivity index (χ0v) is 14.9. The first kappa shape index (κ1) is 17.3. The SMILES string of the molecule is Cc1ccc(S(=O)(=O)NN=Cc2ccc(-c3cccc(Cl)c3)o2)cc1. The number of hydrogen-bond donors (Lipinski definition) is 1. The molecule has 1 heterocycles. The Bertz CT molecular complexity index is 1010. The molecule has 0 spiro atoms. The maximum atomic E-state index is 12.1. The number of rotatable bonds is 5. The Kier molecular flexibility index (Phi) is 4.92. The Morgan fingerprint density at radius 3 is 2.56 bits per heavy atom. The molecule has 0 bridgehead atoms. The molecule has 0 saturated carbocycles. The van der Waals surface area contributed by atoms with Crippen LogP contribution in [0.5, 0.6) is 0 Å². The third kappa shape index (κ3) is 4.29. The molecule has 3 aromatic rings. The molecule has 7 heteroatoms. The third-order valence-electron chi connectivity index (χ3n) is 3.43. The normalized spacial score (nSPS) is 11.8. The van der Waals surface area contributed by atoms with Crippen molar-refractivity contribution in [1.29, 1.82) is 0 Å². The number of halogens is 1. The average molecular weight is 375 g/mol. The summed E-state index contributed by atoms with van der Waals surface area (Å²) in [5, 5.41) is 4.36. The summed E-state index contributed by atoms with van der Waals surface area (Å²) in [6.07, 6.45) is 1.31. The van der Waals surface area contributed by atoms with Crippen molar-refractivity contribution < 1.29 is 12.8 Å². The number of sulfonamides is 1. The summed E-state index contributed by atoms with van der Waals surface area (Å²) in [5.41, 5.74) is 1.80. The monoisotopic (exact) mass is 374 g/mol. The van der Waals surface area contributed by atoms with Gasteiger partial charge in [-0.3, -0.25) is 0 Å². The van der Waals surface area contributed by atoms with Crippen molar-refractivity contribution in [3.8, 4) is 11.3 Å². The molecule has 1 N–H and O–H groups in total. The van der Waals surface area contributed by atoms with Crippen molar-refractivity contribution in [3.05, 3.63) is 77.0 Å². The lowest BCUT2D eigenvalue weighted by Crippen LogP contribution is -2.18. The quantitative estimate of drug-likeness (QED) is 0.536. The van der Waals surface area contributed by atoms with Crippen LogP contribution in [0.2, 0.25) is 5.02 Å². The van der Waals surface area contributed by atoms with Gasteiger partial charge in [-0.05, 0) is 43.3 Å². The molecule has 0 amide bonds. The molecular formula is C18H15ClN2O3S. The first-order chi connectivity index (χ1) is 11.9. The lowest BCUT2D eigenvalue weighted by molar-refractivity contribution is 0.573. The molecule has 128 valence electrons. The van der Waals surface area contributed by atoms with E-state index in [0.717, 1.165) is 11.1 Å². The van der Waals surface area contributed by atoms with Crippen molar-refractivity contribution >= 4 is 27.8 Å². The van der Waals surface area contributed by atoms with Crippen LogP contribution in [-0.2, 0) is 10.0 Å². The Balaban J connectivity index is 1.71. The van der Waals surface area contributed by atoms with Crippen molar-refractivity contribution in [3.63, 3.8) is 0 Å². The lowest BCUT2D eigenvalue weighted by Gasteiger charge is -2.03. The van der Waals surface area contributed by atoms with Gasteiger partial charge >= 0.3 is 0 Å². The van der Waals surface area contributed by atoms with Crippen molar-refractivity contribution in [1.82, 2.24) is 4.83 Å². The van der Waals surface area contributed by atoms with Crippen molar-refractivity contribution in [2.24, 2.45) is 5.10 Å². The number of hydrazone groups is 1. The molecule has 0 aliphatic heterocycles. The van der Waals surface area contributed by atoms with E-state index < -0.39 is 10.0 Å². The van der Waals surface area contributed by atoms with E-state index in [9.17, 15) is 8.42 Å². The number of aryl methyl sites for hydroxylation is 1. The number of nitrogens with zero attached hydrogens (tertiary/aromatic N) is 1. The van der Waals surface area contributed by atoms with E-state index in [0.29, 0.717) is 16.5 Å². The molecular weight excluding hydrogens is 360 g/mol. The van der Waals surface area contributed by atoms with E-state index in [1.165, 1.54) is 18.3 Å². The highest BCUT2D eigenvalue weighted by molar-refractivity contribution is 7.89. The fourth-order valence-electron chi connectivity index (χ4n) is 2.15. The minimum Gasteiger partial charge on any atom is -0.455 e. The second-order valence-corrected chi connectivity index (χ2v) is 7.48. The molecule has 5 nitrogen and oxygen atoms in total. The van der Waals surface area contributed by atoms with Crippen LogP contribution in [0, 0.1) is 6.92 Å². The summed E-state index contributed by atoms with van der Waals surface area (Å²) in [6, 6.07) is 17.2. The third-order valence-corrected chi connectivity index (χ3v) is 4.91. The summed E-state index contributed by atoms with van der Waals surface area (Å²) < 4.78 is 29.9. The van der Waals surface area contributed by atoms with Gasteiger partial charge in [0.25, 0.3) is 10.0 Å². The summed E-state index contributed by atoms with van der Waals surface area (Å²) in [4.78, 5) is 2.31. The Morgan fingerprint density at radius 1 is 1.08 bits per heavy atom. The molecule has 0 fully saturated rings. The van der Waals surface area contributed by atoms with Crippen LogP contribution in [0.3, 0.4) is 0 Å². The van der Waals surface area contributed by atoms with Crippen molar-refractivity contribution in [2.45, 2.75) is 11.8 Å². The van der Waals surface area contributed by atoms with Gasteiger partial charge in [0.1, 0.15) is 11.5 Å². The minimum absolute atomic E-state index is 0.148. The van der Waals surface area contributed by atoms with Gasteiger partial charge in [0.05, 0.1) is 11.1 Å². The van der Waals surface area contributed by atoms with E-state index >= 15 is 0 Å². The van der Waals surface area contributed by atoms with E-state index in [4.69, 9.17) is 16.0 Å². The maximum Gasteiger partial charge on any atom is 0.276 e. The van der Waals surface area contributed by atoms with Crippen LogP contribution in [0.15, 0.2) is 75.1 Å². The molecule has 0 saturated heterocycles. The van der Waals surface area contributed by atoms with Gasteiger partial charge in [-0.2, -0.15) is 18.4 Å². The molecule has 1 aromatic heterocycles. The molecule has 2 aromatic carbocycles. The van der Waals surface area contributed by atoms with E-state index in [1.807, 2.05) is 19.1 Å². The highest BCUT2D eigenvalue weighted by Gasteiger charge is 2.12. The maximum absolute atomic E-state index is 12.1. The average Bonchev–Trinajstić information content (AvgIpc) is 3.04. The molecule has 0 aliphatic carbocycles. The Morgan fingerprint density at radius 2 is 1.84 bits per heavy atom. The number of hydrogen-bond acceptors (Lipinski definition) is 4. The van der Waals surface area contributed by atoms with Crippen LogP contribution in [-0.4, -0.2) is 14.6 Å². The highest BCUT2D eigenvalue weighted by atomic mass is 35.5. The second-order valence-electron chi connectivity index (χ2n) is 5.38. The first-order valence-electron chi connectivity index (χ1n) is 7.41. The predicted octanol–water partition coefficient (Wildman–Crippen LogP) is 4.22. The summed E-state index contributed by atoms with van der Waals surface area (Å²) in [5.74, 6) is 1.03. The van der Waals surface area contributed by atoms with Gasteiger partial charge in [0.2, 0.25) is 0 Å². The molecule has 25 heavy (non-hydrogen) atoms. The smallest absolute Gasteiger partial charge is 0.276 e. The van der Waals surface area contributed by atoms with E-state index in [1.54, 1.807) is 36.4 Å². The predicted molar refractivity (Wildman–Crippen MR) is 98.2 cm³/mol. The Labute approximate surface area is 151 Å². The van der Waals surface area contributed by atoms with Gasteiger partial charge in [-0.15, -0.1) is 0 Å². The highest BCUT2D eigenvalue weighted by Crippen LogP contribution is 2.24. The second kappa shape index (κ2) is 7.13. The fraction of sp³-hybridized carbons (Fsp3) is 0.0556. The van der Waals surface area contributed by atoms with E-state index in [-0.39, 0.29) is 4.90 Å². The standard InChI is InChI=1S/C18H15ClN2O3S/c1-13-5-8-17(9-6-13)25(22,23)21-20-12-16-7-10-18(24-16)14-3-2-4-15(19)11-14/h2-12,21H,1H3. The van der Waals surface area contributed by atoms with Crippen LogP contribution >= 0.6 is 11.6 Å². The van der Waals surface area contributed by atoms with E-state index in [2.05, 4.69) is 9.93 Å². The number of nitrogens with one attached hydrogen (secondary N) is 1. The van der Waals surface area contributed by atoms with Gasteiger partial charge in [0, 0.05) is 10.6 Å². The van der Waals surface area contributed by atoms with Crippen LogP contribution in [0.25, 0.3) is 11.3 Å².